The van der Waals surface area contributed by atoms with Crippen molar-refractivity contribution in [2.24, 2.45) is 0 Å². The number of halogens is 1. The zero-order valence-electron chi connectivity index (χ0n) is 6.83. The minimum absolute atomic E-state index is 0.0282. The Bertz CT molecular complexity index is 207. The first-order valence-corrected chi connectivity index (χ1v) is 3.98. The van der Waals surface area contributed by atoms with E-state index in [4.69, 9.17) is 16.7 Å². The maximum absolute atomic E-state index is 10.8. The third-order valence-corrected chi connectivity index (χ3v) is 1.39. The second kappa shape index (κ2) is 6.30. The van der Waals surface area contributed by atoms with E-state index in [2.05, 4.69) is 16.6 Å². The lowest BCUT2D eigenvalue weighted by Gasteiger charge is -2.10. The summed E-state index contributed by atoms with van der Waals surface area (Å²) in [4.78, 5) is 21.1. The lowest BCUT2D eigenvalue weighted by Crippen LogP contribution is -2.42. The minimum atomic E-state index is -1.20. The van der Waals surface area contributed by atoms with Crippen LogP contribution in [0.4, 0.5) is 4.79 Å². The van der Waals surface area contributed by atoms with Crippen LogP contribution < -0.4 is 5.32 Å². The maximum Gasteiger partial charge on any atom is 0.408 e. The highest BCUT2D eigenvalue weighted by Gasteiger charge is 2.18. The van der Waals surface area contributed by atoms with Gasteiger partial charge in [0.05, 0.1) is 5.88 Å². The number of amides is 1. The molecule has 0 aliphatic heterocycles. The number of aliphatic carboxylic acids is 1. The number of nitrogens with one attached hydrogen (secondary N) is 1. The Kier molecular flexibility index (Phi) is 5.71. The second-order valence-corrected chi connectivity index (χ2v) is 2.39. The maximum atomic E-state index is 10.8. The second-order valence-electron chi connectivity index (χ2n) is 2.08. The van der Waals surface area contributed by atoms with Crippen LogP contribution in [0.1, 0.15) is 0 Å². The van der Waals surface area contributed by atoms with Crippen molar-refractivity contribution in [2.45, 2.75) is 6.04 Å². The van der Waals surface area contributed by atoms with Gasteiger partial charge in [-0.2, -0.15) is 0 Å². The molecule has 5 nitrogen and oxygen atoms in total. The van der Waals surface area contributed by atoms with Gasteiger partial charge in [0.1, 0.15) is 12.6 Å². The summed E-state index contributed by atoms with van der Waals surface area (Å²) in [5.74, 6) is -1.41. The van der Waals surface area contributed by atoms with Gasteiger partial charge in [-0.1, -0.05) is 12.7 Å². The highest BCUT2D eigenvalue weighted by atomic mass is 35.5. The topological polar surface area (TPSA) is 75.6 Å². The van der Waals surface area contributed by atoms with Crippen molar-refractivity contribution in [3.05, 3.63) is 12.7 Å². The molecule has 0 saturated heterocycles. The third-order valence-electron chi connectivity index (χ3n) is 1.08. The predicted molar refractivity (Wildman–Crippen MR) is 46.8 cm³/mol. The third kappa shape index (κ3) is 5.08. The number of carboxylic acid groups (broad SMARTS) is 1. The molecule has 0 radical (unpaired) electrons. The van der Waals surface area contributed by atoms with Crippen molar-refractivity contribution in [3.8, 4) is 0 Å². The Hall–Kier alpha value is -1.23. The van der Waals surface area contributed by atoms with Crippen LogP contribution in [0.3, 0.4) is 0 Å². The molecular weight excluding hydrogens is 198 g/mol. The standard InChI is InChI=1S/C7H10ClNO4/c1-2-3-13-7(12)9-5(4-8)6(10)11/h2,5H,1,3-4H2,(H,9,12)(H,10,11)/t5-/m0/s1. The van der Waals surface area contributed by atoms with Crippen LogP contribution in [0.5, 0.6) is 0 Å². The van der Waals surface area contributed by atoms with Crippen LogP contribution in [0.15, 0.2) is 12.7 Å². The van der Waals surface area contributed by atoms with Crippen molar-refractivity contribution >= 4 is 23.7 Å². The van der Waals surface area contributed by atoms with Gasteiger partial charge in [-0.25, -0.2) is 9.59 Å². The fraction of sp³-hybridized carbons (Fsp3) is 0.429. The molecule has 0 aliphatic carbocycles. The number of alkyl halides is 1. The minimum Gasteiger partial charge on any atom is -0.480 e. The molecule has 1 amide bonds. The SMILES string of the molecule is C=CCOC(=O)N[C@@H](CCl)C(=O)O. The monoisotopic (exact) mass is 207 g/mol. The molecule has 0 heterocycles. The molecule has 0 saturated carbocycles. The molecule has 1 atom stereocenters. The van der Waals surface area contributed by atoms with E-state index in [0.717, 1.165) is 0 Å². The first-order valence-electron chi connectivity index (χ1n) is 3.44. The number of carbonyl (C=O) groups excluding carboxylic acids is 1. The van der Waals surface area contributed by atoms with Crippen LogP contribution in [0, 0.1) is 0 Å². The Morgan fingerprint density at radius 1 is 1.69 bits per heavy atom. The number of carboxylic acids is 1. The van der Waals surface area contributed by atoms with E-state index < -0.39 is 18.1 Å². The molecule has 2 N–H and O–H groups in total. The van der Waals surface area contributed by atoms with E-state index in [1.165, 1.54) is 6.08 Å². The van der Waals surface area contributed by atoms with Crippen molar-refractivity contribution in [1.29, 1.82) is 0 Å². The normalized spacial score (nSPS) is 11.5. The molecule has 0 spiro atoms. The van der Waals surface area contributed by atoms with E-state index in [1.807, 2.05) is 0 Å². The summed E-state index contributed by atoms with van der Waals surface area (Å²) in [5.41, 5.74) is 0. The van der Waals surface area contributed by atoms with Gasteiger partial charge in [-0.3, -0.25) is 0 Å². The van der Waals surface area contributed by atoms with E-state index in [1.54, 1.807) is 0 Å². The lowest BCUT2D eigenvalue weighted by atomic mass is 10.3. The summed E-state index contributed by atoms with van der Waals surface area (Å²) in [6.45, 7) is 3.35. The highest BCUT2D eigenvalue weighted by Crippen LogP contribution is 1.90. The summed E-state index contributed by atoms with van der Waals surface area (Å²) in [5, 5.41) is 10.5. The Morgan fingerprint density at radius 3 is 2.69 bits per heavy atom. The molecule has 0 aromatic heterocycles. The van der Waals surface area contributed by atoms with Crippen molar-refractivity contribution < 1.29 is 19.4 Å². The van der Waals surface area contributed by atoms with Crippen LogP contribution in [0.25, 0.3) is 0 Å². The van der Waals surface area contributed by atoms with E-state index in [-0.39, 0.29) is 12.5 Å². The van der Waals surface area contributed by atoms with Gasteiger partial charge < -0.3 is 15.2 Å². The molecule has 74 valence electrons. The van der Waals surface area contributed by atoms with Crippen molar-refractivity contribution in [1.82, 2.24) is 5.32 Å². The quantitative estimate of drug-likeness (QED) is 0.511. The van der Waals surface area contributed by atoms with Crippen LogP contribution >= 0.6 is 11.6 Å². The summed E-state index contributed by atoms with van der Waals surface area (Å²) in [6.07, 6.45) is 0.545. The molecular formula is C7H10ClNO4. The first-order chi connectivity index (χ1) is 6.11. The van der Waals surface area contributed by atoms with Crippen molar-refractivity contribution in [2.75, 3.05) is 12.5 Å². The number of rotatable bonds is 5. The highest BCUT2D eigenvalue weighted by molar-refractivity contribution is 6.19. The largest absolute Gasteiger partial charge is 0.480 e. The van der Waals surface area contributed by atoms with E-state index >= 15 is 0 Å². The van der Waals surface area contributed by atoms with Gasteiger partial charge in [0.2, 0.25) is 0 Å². The summed E-state index contributed by atoms with van der Waals surface area (Å²) in [6, 6.07) is -1.13. The fourth-order valence-corrected chi connectivity index (χ4v) is 0.694. The van der Waals surface area contributed by atoms with Crippen LogP contribution in [0.2, 0.25) is 0 Å². The first kappa shape index (κ1) is 11.8. The van der Waals surface area contributed by atoms with Gasteiger partial charge in [0.25, 0.3) is 0 Å². The molecule has 0 rings (SSSR count). The number of carbonyl (C=O) groups is 2. The molecule has 6 heteroatoms. The number of alkyl carbamates (subject to hydrolysis) is 1. The average Bonchev–Trinajstić information content (AvgIpc) is 2.10. The zero-order chi connectivity index (χ0) is 10.3. The van der Waals surface area contributed by atoms with E-state index in [9.17, 15) is 9.59 Å². The van der Waals surface area contributed by atoms with Crippen LogP contribution in [-0.2, 0) is 9.53 Å². The zero-order valence-corrected chi connectivity index (χ0v) is 7.58. The summed E-state index contributed by atoms with van der Waals surface area (Å²) in [7, 11) is 0. The number of hydrogen-bond acceptors (Lipinski definition) is 3. The molecule has 0 aromatic rings. The summed E-state index contributed by atoms with van der Waals surface area (Å²) >= 11 is 5.27. The van der Waals surface area contributed by atoms with Gasteiger partial charge in [0.15, 0.2) is 0 Å². The molecule has 0 aliphatic rings. The molecule has 0 fully saturated rings. The van der Waals surface area contributed by atoms with Gasteiger partial charge >= 0.3 is 12.1 Å². The Labute approximate surface area is 80.3 Å². The smallest absolute Gasteiger partial charge is 0.408 e. The fourth-order valence-electron chi connectivity index (χ4n) is 0.485. The molecule has 0 aromatic carbocycles. The predicted octanol–water partition coefficient (Wildman–Crippen LogP) is 0.591. The molecule has 13 heavy (non-hydrogen) atoms. The number of hydrogen-bond donors (Lipinski definition) is 2. The van der Waals surface area contributed by atoms with Crippen LogP contribution in [-0.4, -0.2) is 35.7 Å². The van der Waals surface area contributed by atoms with Gasteiger partial charge in [-0.15, -0.1) is 11.6 Å². The molecule has 0 unspecified atom stereocenters. The Morgan fingerprint density at radius 2 is 2.31 bits per heavy atom. The number of ether oxygens (including phenoxy) is 1. The molecule has 0 bridgehead atoms. The van der Waals surface area contributed by atoms with E-state index in [0.29, 0.717) is 0 Å². The van der Waals surface area contributed by atoms with Gasteiger partial charge in [-0.05, 0) is 0 Å². The Balaban J connectivity index is 3.86. The lowest BCUT2D eigenvalue weighted by molar-refractivity contribution is -0.138. The van der Waals surface area contributed by atoms with Crippen molar-refractivity contribution in [3.63, 3.8) is 0 Å². The average molecular weight is 208 g/mol. The van der Waals surface area contributed by atoms with Gasteiger partial charge in [0, 0.05) is 0 Å². The summed E-state index contributed by atoms with van der Waals surface area (Å²) < 4.78 is 4.48.